The highest BCUT2D eigenvalue weighted by atomic mass is 35.5. The number of likely N-dealkylation sites (tertiary alicyclic amines) is 1. The molecular formula is C15H31ClN2O2. The summed E-state index contributed by atoms with van der Waals surface area (Å²) >= 11 is 0. The second kappa shape index (κ2) is 8.08. The van der Waals surface area contributed by atoms with E-state index in [4.69, 9.17) is 10.5 Å². The molecule has 2 fully saturated rings. The molecule has 2 bridgehead atoms. The van der Waals surface area contributed by atoms with Crippen molar-refractivity contribution < 1.29 is 9.53 Å². The molecule has 2 N–H and O–H groups in total. The minimum absolute atomic E-state index is 0. The first kappa shape index (κ1) is 19.5. The van der Waals surface area contributed by atoms with Gasteiger partial charge in [-0.25, -0.2) is 4.79 Å². The van der Waals surface area contributed by atoms with E-state index in [2.05, 4.69) is 0 Å². The van der Waals surface area contributed by atoms with E-state index in [0.29, 0.717) is 17.8 Å². The maximum atomic E-state index is 12.0. The zero-order chi connectivity index (χ0) is 14.6. The van der Waals surface area contributed by atoms with Crippen molar-refractivity contribution >= 4 is 18.5 Å². The van der Waals surface area contributed by atoms with Crippen LogP contribution in [0.3, 0.4) is 0 Å². The van der Waals surface area contributed by atoms with Gasteiger partial charge in [-0.05, 0) is 57.9 Å². The number of hydrogen-bond acceptors (Lipinski definition) is 3. The van der Waals surface area contributed by atoms with Gasteiger partial charge in [-0.2, -0.15) is 0 Å². The summed E-state index contributed by atoms with van der Waals surface area (Å²) in [6.45, 7) is 12.1. The molecule has 0 aromatic heterocycles. The Hall–Kier alpha value is -0.480. The van der Waals surface area contributed by atoms with Crippen LogP contribution in [0.15, 0.2) is 0 Å². The molecule has 20 heavy (non-hydrogen) atoms. The van der Waals surface area contributed by atoms with Gasteiger partial charge in [0.05, 0.1) is 0 Å². The average molecular weight is 307 g/mol. The van der Waals surface area contributed by atoms with Crippen LogP contribution in [0.25, 0.3) is 0 Å². The fraction of sp³-hybridized carbons (Fsp3) is 0.933. The smallest absolute Gasteiger partial charge is 0.410 e. The van der Waals surface area contributed by atoms with Crippen LogP contribution in [0.4, 0.5) is 4.79 Å². The SMILES string of the molecule is CC.CC(C)(C)OC(=O)N1CC2CCC(C1)C2CN.Cl. The molecule has 2 rings (SSSR count). The molecule has 4 nitrogen and oxygen atoms in total. The van der Waals surface area contributed by atoms with Crippen LogP contribution >= 0.6 is 12.4 Å². The lowest BCUT2D eigenvalue weighted by Gasteiger charge is -2.38. The molecule has 2 aliphatic rings. The summed E-state index contributed by atoms with van der Waals surface area (Å²) in [5.41, 5.74) is 5.41. The molecule has 1 saturated carbocycles. The maximum absolute atomic E-state index is 12.0. The van der Waals surface area contributed by atoms with Gasteiger partial charge in [0.25, 0.3) is 0 Å². The Labute approximate surface area is 129 Å². The number of ether oxygens (including phenoxy) is 1. The Kier molecular flexibility index (Phi) is 7.89. The first-order valence-corrected chi connectivity index (χ1v) is 7.58. The summed E-state index contributed by atoms with van der Waals surface area (Å²) in [6, 6.07) is 0. The van der Waals surface area contributed by atoms with Crippen molar-refractivity contribution in [2.45, 2.75) is 53.1 Å². The van der Waals surface area contributed by atoms with Crippen LogP contribution in [0.2, 0.25) is 0 Å². The molecule has 1 amide bonds. The third kappa shape index (κ3) is 4.81. The van der Waals surface area contributed by atoms with E-state index in [0.717, 1.165) is 19.6 Å². The second-order valence-electron chi connectivity index (χ2n) is 6.38. The van der Waals surface area contributed by atoms with Crippen LogP contribution < -0.4 is 5.73 Å². The fourth-order valence-electron chi connectivity index (χ4n) is 3.20. The third-order valence-corrected chi connectivity index (χ3v) is 3.95. The summed E-state index contributed by atoms with van der Waals surface area (Å²) in [7, 11) is 0. The number of rotatable bonds is 1. The molecule has 0 aromatic carbocycles. The highest BCUT2D eigenvalue weighted by molar-refractivity contribution is 5.85. The first-order chi connectivity index (χ1) is 8.90. The van der Waals surface area contributed by atoms with E-state index in [1.807, 2.05) is 39.5 Å². The summed E-state index contributed by atoms with van der Waals surface area (Å²) < 4.78 is 5.43. The monoisotopic (exact) mass is 306 g/mol. The van der Waals surface area contributed by atoms with E-state index >= 15 is 0 Å². The number of nitrogens with two attached hydrogens (primary N) is 1. The zero-order valence-electron chi connectivity index (χ0n) is 13.5. The van der Waals surface area contributed by atoms with Crippen LogP contribution in [0, 0.1) is 17.8 Å². The number of carbonyl (C=O) groups excluding carboxylic acids is 1. The lowest BCUT2D eigenvalue weighted by atomic mass is 9.85. The van der Waals surface area contributed by atoms with Gasteiger partial charge in [0.1, 0.15) is 5.60 Å². The first-order valence-electron chi connectivity index (χ1n) is 7.58. The van der Waals surface area contributed by atoms with Gasteiger partial charge in [-0.1, -0.05) is 13.8 Å². The third-order valence-electron chi connectivity index (χ3n) is 3.95. The van der Waals surface area contributed by atoms with Crippen molar-refractivity contribution in [3.63, 3.8) is 0 Å². The van der Waals surface area contributed by atoms with Gasteiger partial charge in [0.15, 0.2) is 0 Å². The molecule has 2 unspecified atom stereocenters. The summed E-state index contributed by atoms with van der Waals surface area (Å²) in [4.78, 5) is 13.9. The van der Waals surface area contributed by atoms with Gasteiger partial charge in [0.2, 0.25) is 0 Å². The highest BCUT2D eigenvalue weighted by Gasteiger charge is 2.43. The molecule has 1 heterocycles. The number of carbonyl (C=O) groups is 1. The predicted molar refractivity (Wildman–Crippen MR) is 85.2 cm³/mol. The summed E-state index contributed by atoms with van der Waals surface area (Å²) in [5, 5.41) is 0. The van der Waals surface area contributed by atoms with Crippen molar-refractivity contribution in [2.24, 2.45) is 23.5 Å². The highest BCUT2D eigenvalue weighted by Crippen LogP contribution is 2.41. The fourth-order valence-corrected chi connectivity index (χ4v) is 3.20. The van der Waals surface area contributed by atoms with Crippen LogP contribution in [0.1, 0.15) is 47.5 Å². The van der Waals surface area contributed by atoms with Gasteiger partial charge in [-0.3, -0.25) is 0 Å². The lowest BCUT2D eigenvalue weighted by molar-refractivity contribution is 0.00865. The van der Waals surface area contributed by atoms with Crippen LogP contribution in [-0.4, -0.2) is 36.2 Å². The van der Waals surface area contributed by atoms with Crippen molar-refractivity contribution in [2.75, 3.05) is 19.6 Å². The topological polar surface area (TPSA) is 55.6 Å². The van der Waals surface area contributed by atoms with Crippen LogP contribution in [0.5, 0.6) is 0 Å². The van der Waals surface area contributed by atoms with Crippen molar-refractivity contribution in [1.29, 1.82) is 0 Å². The van der Waals surface area contributed by atoms with E-state index < -0.39 is 5.60 Å². The van der Waals surface area contributed by atoms with Crippen molar-refractivity contribution in [3.05, 3.63) is 0 Å². The summed E-state index contributed by atoms with van der Waals surface area (Å²) in [5.74, 6) is 1.80. The molecule has 1 aliphatic carbocycles. The van der Waals surface area contributed by atoms with E-state index in [-0.39, 0.29) is 18.5 Å². The molecule has 0 spiro atoms. The van der Waals surface area contributed by atoms with E-state index in [1.165, 1.54) is 12.8 Å². The van der Waals surface area contributed by atoms with Crippen molar-refractivity contribution in [1.82, 2.24) is 4.90 Å². The van der Waals surface area contributed by atoms with Gasteiger partial charge >= 0.3 is 6.09 Å². The Bertz CT molecular complexity index is 291. The Balaban J connectivity index is 0.00000115. The Morgan fingerprint density at radius 3 is 2.00 bits per heavy atom. The number of halogens is 1. The van der Waals surface area contributed by atoms with Gasteiger partial charge in [0, 0.05) is 13.1 Å². The van der Waals surface area contributed by atoms with Crippen molar-refractivity contribution in [3.8, 4) is 0 Å². The Morgan fingerprint density at radius 2 is 1.65 bits per heavy atom. The molecular weight excluding hydrogens is 276 g/mol. The number of piperidine rings is 1. The summed E-state index contributed by atoms with van der Waals surface area (Å²) in [6.07, 6.45) is 2.27. The quantitative estimate of drug-likeness (QED) is 0.809. The number of nitrogens with zero attached hydrogens (tertiary/aromatic N) is 1. The molecule has 5 heteroatoms. The molecule has 0 radical (unpaired) electrons. The molecule has 2 atom stereocenters. The maximum Gasteiger partial charge on any atom is 0.410 e. The number of amides is 1. The Morgan fingerprint density at radius 1 is 1.20 bits per heavy atom. The van der Waals surface area contributed by atoms with Gasteiger partial charge in [-0.15, -0.1) is 12.4 Å². The largest absolute Gasteiger partial charge is 0.444 e. The van der Waals surface area contributed by atoms with Gasteiger partial charge < -0.3 is 15.4 Å². The number of hydrogen-bond donors (Lipinski definition) is 1. The molecule has 120 valence electrons. The van der Waals surface area contributed by atoms with E-state index in [9.17, 15) is 4.79 Å². The minimum atomic E-state index is -0.402. The van der Waals surface area contributed by atoms with E-state index in [1.54, 1.807) is 0 Å². The molecule has 0 aromatic rings. The molecule has 1 saturated heterocycles. The average Bonchev–Trinajstić information content (AvgIpc) is 2.58. The predicted octanol–water partition coefficient (Wildman–Crippen LogP) is 3.29. The zero-order valence-corrected chi connectivity index (χ0v) is 14.3. The van der Waals surface area contributed by atoms with Crippen LogP contribution in [-0.2, 0) is 4.74 Å². The standard InChI is InChI=1S/C13H24N2O2.C2H6.ClH/c1-13(2,3)17-12(16)15-7-9-4-5-10(8-15)11(9)6-14;1-2;/h9-11H,4-8,14H2,1-3H3;1-2H3;1H. The normalized spacial score (nSPS) is 28.1. The number of fused-ring (bicyclic) bond motifs is 2. The molecule has 1 aliphatic heterocycles. The minimum Gasteiger partial charge on any atom is -0.444 e. The lowest BCUT2D eigenvalue weighted by Crippen LogP contribution is -2.48. The second-order valence-corrected chi connectivity index (χ2v) is 6.38.